The van der Waals surface area contributed by atoms with Crippen molar-refractivity contribution in [1.29, 1.82) is 0 Å². The molecule has 3 aromatic carbocycles. The zero-order chi connectivity index (χ0) is 26.3. The molecule has 5 rings (SSSR count). The molecule has 37 heavy (non-hydrogen) atoms. The predicted octanol–water partition coefficient (Wildman–Crippen LogP) is 4.48. The third kappa shape index (κ3) is 4.08. The van der Waals surface area contributed by atoms with E-state index in [1.807, 2.05) is 0 Å². The molecule has 0 radical (unpaired) electrons. The first-order chi connectivity index (χ1) is 17.9. The Morgan fingerprint density at radius 2 is 1.54 bits per heavy atom. The lowest BCUT2D eigenvalue weighted by molar-refractivity contribution is -0.135. The fourth-order valence-corrected chi connectivity index (χ4v) is 4.61. The van der Waals surface area contributed by atoms with Gasteiger partial charge in [0.05, 0.1) is 40.4 Å². The Kier molecular flexibility index (Phi) is 6.12. The fourth-order valence-electron chi connectivity index (χ4n) is 4.61. The molecule has 0 aromatic heterocycles. The lowest BCUT2D eigenvalue weighted by Crippen LogP contribution is -2.21. The summed E-state index contributed by atoms with van der Waals surface area (Å²) in [5.41, 5.74) is 2.17. The molecule has 2 heterocycles. The van der Waals surface area contributed by atoms with Crippen LogP contribution in [0, 0.1) is 0 Å². The summed E-state index contributed by atoms with van der Waals surface area (Å²) in [5, 5.41) is 10.0. The third-order valence-electron chi connectivity index (χ3n) is 6.41. The molecule has 1 atom stereocenters. The number of fused-ring (bicyclic) bond motifs is 3. The molecule has 9 nitrogen and oxygen atoms in total. The van der Waals surface area contributed by atoms with Crippen LogP contribution in [0.25, 0.3) is 6.08 Å². The summed E-state index contributed by atoms with van der Waals surface area (Å²) < 4.78 is 33.1. The van der Waals surface area contributed by atoms with E-state index in [0.29, 0.717) is 51.0 Å². The van der Waals surface area contributed by atoms with Crippen LogP contribution in [-0.4, -0.2) is 45.3 Å². The van der Waals surface area contributed by atoms with Gasteiger partial charge >= 0.3 is 5.97 Å². The predicted molar refractivity (Wildman–Crippen MR) is 132 cm³/mol. The number of methoxy groups -OCH3 is 4. The number of esters is 1. The summed E-state index contributed by atoms with van der Waals surface area (Å²) in [6.45, 7) is 0. The van der Waals surface area contributed by atoms with E-state index in [9.17, 15) is 14.7 Å². The Hall–Kier alpha value is -4.66. The van der Waals surface area contributed by atoms with Gasteiger partial charge in [-0.25, -0.2) is 0 Å². The Morgan fingerprint density at radius 1 is 0.838 bits per heavy atom. The quantitative estimate of drug-likeness (QED) is 0.295. The van der Waals surface area contributed by atoms with Crippen LogP contribution in [0.2, 0.25) is 0 Å². The van der Waals surface area contributed by atoms with Crippen molar-refractivity contribution in [3.8, 4) is 40.2 Å². The van der Waals surface area contributed by atoms with Gasteiger partial charge in [-0.2, -0.15) is 0 Å². The molecular formula is C28H24O9. The Labute approximate surface area is 212 Å². The lowest BCUT2D eigenvalue weighted by atomic mass is 9.84. The molecule has 0 fully saturated rings. The second-order valence-corrected chi connectivity index (χ2v) is 8.41. The van der Waals surface area contributed by atoms with Gasteiger partial charge in [0, 0.05) is 23.1 Å². The molecule has 0 bridgehead atoms. The van der Waals surface area contributed by atoms with Crippen molar-refractivity contribution in [2.45, 2.75) is 12.3 Å². The van der Waals surface area contributed by atoms with Crippen LogP contribution in [0.4, 0.5) is 0 Å². The van der Waals surface area contributed by atoms with Crippen LogP contribution < -0.4 is 28.4 Å². The highest BCUT2D eigenvalue weighted by atomic mass is 16.5. The van der Waals surface area contributed by atoms with Crippen LogP contribution in [0.1, 0.15) is 39.4 Å². The van der Waals surface area contributed by atoms with Crippen LogP contribution in [0.15, 0.2) is 48.2 Å². The SMILES string of the molecule is COc1cc([C@H]2CC(=O)Oc3ccc4c(c32)O/C(=C/c2cc(OC)c(OC)cc2OC)C4=O)ccc1O. The van der Waals surface area contributed by atoms with E-state index in [4.69, 9.17) is 28.4 Å². The summed E-state index contributed by atoms with van der Waals surface area (Å²) in [6, 6.07) is 11.4. The van der Waals surface area contributed by atoms with E-state index < -0.39 is 11.9 Å². The zero-order valence-electron chi connectivity index (χ0n) is 20.6. The number of aromatic hydroxyl groups is 1. The molecule has 0 unspecified atom stereocenters. The highest BCUT2D eigenvalue weighted by molar-refractivity contribution is 6.15. The van der Waals surface area contributed by atoms with Gasteiger partial charge in [-0.15, -0.1) is 0 Å². The molecular weight excluding hydrogens is 480 g/mol. The van der Waals surface area contributed by atoms with E-state index in [1.165, 1.54) is 34.5 Å². The number of phenolic OH excluding ortho intramolecular Hbond substituents is 1. The molecule has 0 amide bonds. The van der Waals surface area contributed by atoms with E-state index in [2.05, 4.69) is 0 Å². The molecule has 3 aromatic rings. The second-order valence-electron chi connectivity index (χ2n) is 8.41. The minimum absolute atomic E-state index is 0.0244. The van der Waals surface area contributed by atoms with E-state index in [1.54, 1.807) is 42.5 Å². The summed E-state index contributed by atoms with van der Waals surface area (Å²) in [4.78, 5) is 25.8. The van der Waals surface area contributed by atoms with Crippen LogP contribution in [0.5, 0.6) is 40.2 Å². The fraction of sp³-hybridized carbons (Fsp3) is 0.214. The van der Waals surface area contributed by atoms with Crippen LogP contribution in [-0.2, 0) is 4.79 Å². The highest BCUT2D eigenvalue weighted by Gasteiger charge is 2.39. The van der Waals surface area contributed by atoms with Crippen LogP contribution >= 0.6 is 0 Å². The van der Waals surface area contributed by atoms with Gasteiger partial charge in [-0.3, -0.25) is 9.59 Å². The van der Waals surface area contributed by atoms with Crippen molar-refractivity contribution in [1.82, 2.24) is 0 Å². The number of hydrogen-bond donors (Lipinski definition) is 1. The molecule has 1 N–H and O–H groups in total. The molecule has 190 valence electrons. The normalized spacial score (nSPS) is 17.0. The number of rotatable bonds is 6. The molecule has 0 saturated carbocycles. The Balaban J connectivity index is 1.61. The average Bonchev–Trinajstić information content (AvgIpc) is 3.22. The van der Waals surface area contributed by atoms with Gasteiger partial charge in [0.1, 0.15) is 17.2 Å². The van der Waals surface area contributed by atoms with Crippen molar-refractivity contribution in [2.75, 3.05) is 28.4 Å². The highest BCUT2D eigenvalue weighted by Crippen LogP contribution is 2.50. The van der Waals surface area contributed by atoms with E-state index >= 15 is 0 Å². The number of benzene rings is 3. The summed E-state index contributed by atoms with van der Waals surface area (Å²) >= 11 is 0. The first-order valence-electron chi connectivity index (χ1n) is 11.4. The van der Waals surface area contributed by atoms with Gasteiger partial charge in [-0.1, -0.05) is 6.07 Å². The van der Waals surface area contributed by atoms with Gasteiger partial charge in [-0.05, 0) is 42.0 Å². The number of hydrogen-bond acceptors (Lipinski definition) is 9. The lowest BCUT2D eigenvalue weighted by Gasteiger charge is -2.26. The zero-order valence-corrected chi connectivity index (χ0v) is 20.6. The van der Waals surface area contributed by atoms with Gasteiger partial charge < -0.3 is 33.5 Å². The number of phenols is 1. The van der Waals surface area contributed by atoms with Gasteiger partial charge in [0.15, 0.2) is 28.8 Å². The number of ether oxygens (including phenoxy) is 6. The number of carbonyl (C=O) groups is 2. The smallest absolute Gasteiger partial charge is 0.312 e. The van der Waals surface area contributed by atoms with E-state index in [0.717, 1.165) is 0 Å². The van der Waals surface area contributed by atoms with Crippen LogP contribution in [0.3, 0.4) is 0 Å². The molecule has 0 saturated heterocycles. The summed E-state index contributed by atoms with van der Waals surface area (Å²) in [6.07, 6.45) is 1.60. The number of Topliss-reactive ketones (excluding diaryl/α,β-unsaturated/α-hetero) is 1. The number of allylic oxidation sites excluding steroid dienone is 1. The largest absolute Gasteiger partial charge is 0.504 e. The maximum Gasteiger partial charge on any atom is 0.312 e. The van der Waals surface area contributed by atoms with Crippen molar-refractivity contribution >= 4 is 17.8 Å². The first-order valence-corrected chi connectivity index (χ1v) is 11.4. The summed E-state index contributed by atoms with van der Waals surface area (Å²) in [5.74, 6) is 1.12. The Bertz CT molecular complexity index is 1450. The Morgan fingerprint density at radius 3 is 2.24 bits per heavy atom. The standard InChI is InChI=1S/C28H24O9/c1-32-20-13-23(35-4)22(34-3)10-15(20)11-24-27(31)16-6-8-19-26(28(16)37-24)17(12-25(30)36-19)14-5-7-18(29)21(9-14)33-2/h5-11,13,17,29H,12H2,1-4H3/b24-11+/t17-/m1/s1. The molecule has 0 aliphatic carbocycles. The van der Waals surface area contributed by atoms with Gasteiger partial charge in [0.25, 0.3) is 0 Å². The number of carbonyl (C=O) groups excluding carboxylic acids is 2. The van der Waals surface area contributed by atoms with Crippen molar-refractivity contribution < 1.29 is 43.1 Å². The van der Waals surface area contributed by atoms with Gasteiger partial charge in [0.2, 0.25) is 5.78 Å². The maximum atomic E-state index is 13.4. The molecule has 9 heteroatoms. The second kappa shape index (κ2) is 9.42. The molecule has 0 spiro atoms. The summed E-state index contributed by atoms with van der Waals surface area (Å²) in [7, 11) is 5.99. The molecule has 2 aliphatic heterocycles. The molecule has 2 aliphatic rings. The average molecular weight is 504 g/mol. The topological polar surface area (TPSA) is 110 Å². The third-order valence-corrected chi connectivity index (χ3v) is 6.41. The maximum absolute atomic E-state index is 13.4. The monoisotopic (exact) mass is 504 g/mol. The minimum Gasteiger partial charge on any atom is -0.504 e. The first kappa shape index (κ1) is 24.1. The van der Waals surface area contributed by atoms with Crippen molar-refractivity contribution in [3.05, 3.63) is 70.5 Å². The van der Waals surface area contributed by atoms with Crippen molar-refractivity contribution in [3.63, 3.8) is 0 Å². The van der Waals surface area contributed by atoms with Crippen molar-refractivity contribution in [2.24, 2.45) is 0 Å². The minimum atomic E-state index is -0.483. The van der Waals surface area contributed by atoms with E-state index in [-0.39, 0.29) is 29.5 Å². The number of ketones is 1.